The number of phenols is 2. The highest BCUT2D eigenvalue weighted by atomic mass is 16.3. The standard InChI is InChI=1S/C13H18N2O3/c14-10-3-1-2-4-11(10)15-13(18)9-7-8(16)5-6-12(9)17/h5-7,10-11,16-17H,1-4,14H2,(H,15,18). The molecule has 0 aromatic heterocycles. The average Bonchev–Trinajstić information content (AvgIpc) is 2.35. The highest BCUT2D eigenvalue weighted by molar-refractivity contribution is 5.97. The van der Waals surface area contributed by atoms with Gasteiger partial charge in [0, 0.05) is 12.1 Å². The number of aromatic hydroxyl groups is 2. The van der Waals surface area contributed by atoms with Gasteiger partial charge in [-0.15, -0.1) is 0 Å². The SMILES string of the molecule is NC1CCCCC1NC(=O)c1cc(O)ccc1O. The number of rotatable bonds is 2. The lowest BCUT2D eigenvalue weighted by molar-refractivity contribution is 0.0918. The number of nitrogens with two attached hydrogens (primary N) is 1. The molecule has 0 saturated heterocycles. The third-order valence-corrected chi connectivity index (χ3v) is 3.36. The normalized spacial score (nSPS) is 23.6. The fourth-order valence-electron chi connectivity index (χ4n) is 2.29. The summed E-state index contributed by atoms with van der Waals surface area (Å²) in [5.74, 6) is -0.591. The predicted octanol–water partition coefficient (Wildman–Crippen LogP) is 1.10. The molecule has 1 aliphatic rings. The van der Waals surface area contributed by atoms with Crippen molar-refractivity contribution in [3.63, 3.8) is 0 Å². The molecule has 1 fully saturated rings. The molecule has 0 spiro atoms. The van der Waals surface area contributed by atoms with E-state index in [1.165, 1.54) is 18.2 Å². The predicted molar refractivity (Wildman–Crippen MR) is 67.5 cm³/mol. The first kappa shape index (κ1) is 12.7. The van der Waals surface area contributed by atoms with Crippen LogP contribution < -0.4 is 11.1 Å². The van der Waals surface area contributed by atoms with Gasteiger partial charge in [0.05, 0.1) is 5.56 Å². The second-order valence-corrected chi connectivity index (χ2v) is 4.73. The van der Waals surface area contributed by atoms with Crippen molar-refractivity contribution in [2.45, 2.75) is 37.8 Å². The quantitative estimate of drug-likeness (QED) is 0.591. The number of phenolic OH excluding ortho intramolecular Hbond substituents is 2. The molecule has 2 atom stereocenters. The number of amides is 1. The summed E-state index contributed by atoms with van der Waals surface area (Å²) in [7, 11) is 0. The topological polar surface area (TPSA) is 95.6 Å². The summed E-state index contributed by atoms with van der Waals surface area (Å²) in [6.45, 7) is 0. The minimum atomic E-state index is -0.397. The number of nitrogens with one attached hydrogen (secondary N) is 1. The maximum absolute atomic E-state index is 12.0. The summed E-state index contributed by atoms with van der Waals surface area (Å²) >= 11 is 0. The van der Waals surface area contributed by atoms with Gasteiger partial charge in [-0.25, -0.2) is 0 Å². The van der Waals surface area contributed by atoms with Crippen molar-refractivity contribution >= 4 is 5.91 Å². The van der Waals surface area contributed by atoms with Crippen molar-refractivity contribution in [1.29, 1.82) is 0 Å². The Bertz CT molecular complexity index is 448. The summed E-state index contributed by atoms with van der Waals surface area (Å²) < 4.78 is 0. The van der Waals surface area contributed by atoms with Crippen LogP contribution in [-0.4, -0.2) is 28.2 Å². The number of hydrogen-bond donors (Lipinski definition) is 4. The van der Waals surface area contributed by atoms with Gasteiger partial charge >= 0.3 is 0 Å². The van der Waals surface area contributed by atoms with E-state index in [4.69, 9.17) is 5.73 Å². The molecule has 0 aliphatic heterocycles. The van der Waals surface area contributed by atoms with Crippen LogP contribution in [0, 0.1) is 0 Å². The highest BCUT2D eigenvalue weighted by Crippen LogP contribution is 2.23. The number of hydrogen-bond acceptors (Lipinski definition) is 4. The van der Waals surface area contributed by atoms with E-state index >= 15 is 0 Å². The van der Waals surface area contributed by atoms with Crippen molar-refractivity contribution in [3.8, 4) is 11.5 Å². The first-order chi connectivity index (χ1) is 8.58. The van der Waals surface area contributed by atoms with Crippen molar-refractivity contribution in [2.24, 2.45) is 5.73 Å². The van der Waals surface area contributed by atoms with E-state index in [1.807, 2.05) is 0 Å². The zero-order valence-corrected chi connectivity index (χ0v) is 10.1. The van der Waals surface area contributed by atoms with Crippen LogP contribution in [0.4, 0.5) is 0 Å². The van der Waals surface area contributed by atoms with Gasteiger partial charge in [-0.05, 0) is 31.0 Å². The van der Waals surface area contributed by atoms with Crippen molar-refractivity contribution in [2.75, 3.05) is 0 Å². The molecule has 1 saturated carbocycles. The fourth-order valence-corrected chi connectivity index (χ4v) is 2.29. The summed E-state index contributed by atoms with van der Waals surface area (Å²) in [6, 6.07) is 3.78. The molecular weight excluding hydrogens is 232 g/mol. The Hall–Kier alpha value is -1.75. The van der Waals surface area contributed by atoms with E-state index in [1.54, 1.807) is 0 Å². The number of carbonyl (C=O) groups excluding carboxylic acids is 1. The van der Waals surface area contributed by atoms with Crippen LogP contribution in [-0.2, 0) is 0 Å². The number of carbonyl (C=O) groups is 1. The maximum atomic E-state index is 12.0. The molecule has 18 heavy (non-hydrogen) atoms. The maximum Gasteiger partial charge on any atom is 0.255 e. The molecule has 2 rings (SSSR count). The van der Waals surface area contributed by atoms with E-state index in [2.05, 4.69) is 5.32 Å². The Kier molecular flexibility index (Phi) is 3.72. The van der Waals surface area contributed by atoms with Crippen molar-refractivity contribution < 1.29 is 15.0 Å². The molecule has 1 aliphatic carbocycles. The lowest BCUT2D eigenvalue weighted by atomic mass is 9.91. The third kappa shape index (κ3) is 2.73. The molecule has 1 aromatic rings. The van der Waals surface area contributed by atoms with Gasteiger partial charge in [-0.2, -0.15) is 0 Å². The van der Waals surface area contributed by atoms with Gasteiger partial charge in [0.15, 0.2) is 0 Å². The molecular formula is C13H18N2O3. The summed E-state index contributed by atoms with van der Waals surface area (Å²) in [5, 5.41) is 21.7. The molecule has 5 nitrogen and oxygen atoms in total. The van der Waals surface area contributed by atoms with Crippen LogP contribution in [0.3, 0.4) is 0 Å². The Labute approximate surface area is 106 Å². The zero-order valence-electron chi connectivity index (χ0n) is 10.1. The van der Waals surface area contributed by atoms with Crippen LogP contribution in [0.25, 0.3) is 0 Å². The second-order valence-electron chi connectivity index (χ2n) is 4.73. The molecule has 2 unspecified atom stereocenters. The Morgan fingerprint density at radius 2 is 2.00 bits per heavy atom. The molecule has 5 N–H and O–H groups in total. The minimum absolute atomic E-state index is 0.0397. The zero-order chi connectivity index (χ0) is 13.1. The Balaban J connectivity index is 2.09. The van der Waals surface area contributed by atoms with Gasteiger partial charge in [0.2, 0.25) is 0 Å². The van der Waals surface area contributed by atoms with E-state index in [0.717, 1.165) is 25.7 Å². The van der Waals surface area contributed by atoms with Crippen LogP contribution in [0.2, 0.25) is 0 Å². The molecule has 0 heterocycles. The summed E-state index contributed by atoms with van der Waals surface area (Å²) in [5.41, 5.74) is 6.02. The van der Waals surface area contributed by atoms with Crippen LogP contribution in [0.5, 0.6) is 11.5 Å². The largest absolute Gasteiger partial charge is 0.508 e. The van der Waals surface area contributed by atoms with Crippen molar-refractivity contribution in [3.05, 3.63) is 23.8 Å². The van der Waals surface area contributed by atoms with Crippen LogP contribution >= 0.6 is 0 Å². The van der Waals surface area contributed by atoms with Crippen molar-refractivity contribution in [1.82, 2.24) is 5.32 Å². The van der Waals surface area contributed by atoms with Crippen LogP contribution in [0.1, 0.15) is 36.0 Å². The van der Waals surface area contributed by atoms with E-state index in [0.29, 0.717) is 0 Å². The number of benzene rings is 1. The average molecular weight is 250 g/mol. The molecule has 1 amide bonds. The molecule has 5 heteroatoms. The van der Waals surface area contributed by atoms with E-state index < -0.39 is 5.91 Å². The fraction of sp³-hybridized carbons (Fsp3) is 0.462. The van der Waals surface area contributed by atoms with Gasteiger partial charge in [-0.1, -0.05) is 12.8 Å². The van der Waals surface area contributed by atoms with Gasteiger partial charge in [0.25, 0.3) is 5.91 Å². The van der Waals surface area contributed by atoms with Gasteiger partial charge in [0.1, 0.15) is 11.5 Å². The van der Waals surface area contributed by atoms with E-state index in [9.17, 15) is 15.0 Å². The molecule has 1 aromatic carbocycles. The highest BCUT2D eigenvalue weighted by Gasteiger charge is 2.24. The first-order valence-electron chi connectivity index (χ1n) is 6.16. The minimum Gasteiger partial charge on any atom is -0.508 e. The molecule has 0 bridgehead atoms. The monoisotopic (exact) mass is 250 g/mol. The van der Waals surface area contributed by atoms with E-state index in [-0.39, 0.29) is 29.1 Å². The van der Waals surface area contributed by atoms with Gasteiger partial charge in [-0.3, -0.25) is 4.79 Å². The molecule has 98 valence electrons. The van der Waals surface area contributed by atoms with Crippen LogP contribution in [0.15, 0.2) is 18.2 Å². The Morgan fingerprint density at radius 1 is 1.28 bits per heavy atom. The summed E-state index contributed by atoms with van der Waals surface area (Å²) in [6.07, 6.45) is 3.89. The first-order valence-corrected chi connectivity index (χ1v) is 6.16. The second kappa shape index (κ2) is 5.27. The third-order valence-electron chi connectivity index (χ3n) is 3.36. The lowest BCUT2D eigenvalue weighted by Gasteiger charge is -2.29. The summed E-state index contributed by atoms with van der Waals surface area (Å²) in [4.78, 5) is 12.0. The lowest BCUT2D eigenvalue weighted by Crippen LogP contribution is -2.49. The molecule has 0 radical (unpaired) electrons. The van der Waals surface area contributed by atoms with Gasteiger partial charge < -0.3 is 21.3 Å². The smallest absolute Gasteiger partial charge is 0.255 e. The Morgan fingerprint density at radius 3 is 2.72 bits per heavy atom.